The monoisotopic (exact) mass is 355 g/mol. The van der Waals surface area contributed by atoms with E-state index >= 15 is 0 Å². The Bertz CT molecular complexity index is 918. The first-order valence-corrected chi connectivity index (χ1v) is 8.72. The summed E-state index contributed by atoms with van der Waals surface area (Å²) in [5.41, 5.74) is 1.67. The molecule has 1 aliphatic rings. The van der Waals surface area contributed by atoms with Gasteiger partial charge in [0.25, 0.3) is 0 Å². The largest absolute Gasteiger partial charge is 0.497 e. The summed E-state index contributed by atoms with van der Waals surface area (Å²) in [6, 6.07) is 9.59. The van der Waals surface area contributed by atoms with Crippen LogP contribution >= 0.6 is 11.3 Å². The van der Waals surface area contributed by atoms with Gasteiger partial charge in [-0.05, 0) is 23.6 Å². The first-order valence-electron chi connectivity index (χ1n) is 7.84. The third-order valence-corrected chi connectivity index (χ3v) is 5.29. The normalized spacial score (nSPS) is 16.2. The molecule has 25 heavy (non-hydrogen) atoms. The number of hydrogen-bond acceptors (Lipinski definition) is 5. The van der Waals surface area contributed by atoms with E-state index in [1.54, 1.807) is 31.9 Å². The van der Waals surface area contributed by atoms with E-state index in [9.17, 15) is 4.79 Å². The van der Waals surface area contributed by atoms with Crippen LogP contribution in [0.1, 0.15) is 22.9 Å². The minimum atomic E-state index is -0.0192. The van der Waals surface area contributed by atoms with Crippen LogP contribution in [0.2, 0.25) is 0 Å². The number of amides is 1. The van der Waals surface area contributed by atoms with Crippen LogP contribution in [0.5, 0.6) is 11.5 Å². The molecule has 2 aromatic heterocycles. The summed E-state index contributed by atoms with van der Waals surface area (Å²) >= 11 is 1.64. The molecule has 3 heterocycles. The molecule has 0 saturated carbocycles. The topological polar surface area (TPSA) is 65.4 Å². The van der Waals surface area contributed by atoms with Crippen molar-refractivity contribution in [2.45, 2.75) is 12.3 Å². The lowest BCUT2D eigenvalue weighted by molar-refractivity contribution is -0.116. The number of anilines is 1. The summed E-state index contributed by atoms with van der Waals surface area (Å²) in [5, 5.41) is 4.98. The predicted molar refractivity (Wildman–Crippen MR) is 96.1 cm³/mol. The number of benzene rings is 1. The predicted octanol–water partition coefficient (Wildman–Crippen LogP) is 3.43. The van der Waals surface area contributed by atoms with E-state index in [1.165, 1.54) is 0 Å². The molecule has 0 radical (unpaired) electrons. The molecule has 4 rings (SSSR count). The van der Waals surface area contributed by atoms with Gasteiger partial charge in [-0.25, -0.2) is 4.98 Å². The Kier molecular flexibility index (Phi) is 3.93. The fourth-order valence-corrected chi connectivity index (χ4v) is 3.93. The molecule has 1 aromatic carbocycles. The molecule has 3 aromatic rings. The highest BCUT2D eigenvalue weighted by molar-refractivity contribution is 7.10. The van der Waals surface area contributed by atoms with Crippen LogP contribution in [0.25, 0.3) is 5.69 Å². The average molecular weight is 355 g/mol. The molecule has 0 spiro atoms. The number of nitrogens with zero attached hydrogens (tertiary/aromatic N) is 2. The number of thiophene rings is 1. The van der Waals surface area contributed by atoms with Crippen LogP contribution in [0.3, 0.4) is 0 Å². The van der Waals surface area contributed by atoms with Crippen molar-refractivity contribution in [3.8, 4) is 17.2 Å². The summed E-state index contributed by atoms with van der Waals surface area (Å²) in [4.78, 5) is 18.0. The minimum absolute atomic E-state index is 0.0138. The molecule has 6 nitrogen and oxygen atoms in total. The standard InChI is InChI=1S/C18H17N3O3S/c1-23-11-5-6-13(14(8-11)24-2)21-10-19-17-12(15-4-3-7-25-15)9-16(22)20-18(17)21/h3-8,10,12H,9H2,1-2H3,(H,20,22)/t12-/m1/s1. The van der Waals surface area contributed by atoms with Gasteiger partial charge in [0.2, 0.25) is 5.91 Å². The van der Waals surface area contributed by atoms with Crippen LogP contribution in [0, 0.1) is 0 Å². The molecule has 0 aliphatic carbocycles. The summed E-state index contributed by atoms with van der Waals surface area (Å²) in [6.45, 7) is 0. The summed E-state index contributed by atoms with van der Waals surface area (Å²) in [7, 11) is 3.22. The van der Waals surface area contributed by atoms with Gasteiger partial charge in [-0.3, -0.25) is 9.36 Å². The third-order valence-electron chi connectivity index (χ3n) is 4.31. The SMILES string of the molecule is COc1ccc(-n2cnc3c2NC(=O)C[C@@H]3c2cccs2)c(OC)c1. The van der Waals surface area contributed by atoms with Gasteiger partial charge in [-0.1, -0.05) is 6.07 Å². The second-order valence-electron chi connectivity index (χ2n) is 5.71. The lowest BCUT2D eigenvalue weighted by atomic mass is 9.96. The Morgan fingerprint density at radius 2 is 2.16 bits per heavy atom. The Morgan fingerprint density at radius 3 is 2.88 bits per heavy atom. The van der Waals surface area contributed by atoms with Gasteiger partial charge in [-0.2, -0.15) is 0 Å². The van der Waals surface area contributed by atoms with Crippen molar-refractivity contribution in [1.82, 2.24) is 9.55 Å². The van der Waals surface area contributed by atoms with Gasteiger partial charge >= 0.3 is 0 Å². The van der Waals surface area contributed by atoms with Crippen LogP contribution < -0.4 is 14.8 Å². The fourth-order valence-electron chi connectivity index (χ4n) is 3.10. The number of methoxy groups -OCH3 is 2. The minimum Gasteiger partial charge on any atom is -0.497 e. The number of hydrogen-bond donors (Lipinski definition) is 1. The van der Waals surface area contributed by atoms with Gasteiger partial charge in [0.15, 0.2) is 0 Å². The molecule has 1 N–H and O–H groups in total. The molecule has 0 bridgehead atoms. The second kappa shape index (κ2) is 6.25. The Labute approximate surface area is 149 Å². The lowest BCUT2D eigenvalue weighted by Gasteiger charge is -2.22. The zero-order valence-electron chi connectivity index (χ0n) is 13.9. The Hall–Kier alpha value is -2.80. The summed E-state index contributed by atoms with van der Waals surface area (Å²) in [5.74, 6) is 2.01. The molecular weight excluding hydrogens is 338 g/mol. The second-order valence-corrected chi connectivity index (χ2v) is 6.69. The zero-order chi connectivity index (χ0) is 17.4. The maximum atomic E-state index is 12.3. The molecule has 1 amide bonds. The average Bonchev–Trinajstić information content (AvgIpc) is 3.30. The molecule has 1 aliphatic heterocycles. The maximum absolute atomic E-state index is 12.3. The van der Waals surface area contributed by atoms with E-state index in [4.69, 9.17) is 9.47 Å². The van der Waals surface area contributed by atoms with Crippen molar-refractivity contribution in [1.29, 1.82) is 0 Å². The number of fused-ring (bicyclic) bond motifs is 1. The highest BCUT2D eigenvalue weighted by Gasteiger charge is 2.32. The first kappa shape index (κ1) is 15.7. The van der Waals surface area contributed by atoms with Crippen molar-refractivity contribution in [2.24, 2.45) is 0 Å². The molecule has 0 unspecified atom stereocenters. The van der Waals surface area contributed by atoms with E-state index < -0.39 is 0 Å². The lowest BCUT2D eigenvalue weighted by Crippen LogP contribution is -2.24. The van der Waals surface area contributed by atoms with Crippen LogP contribution in [0.15, 0.2) is 42.0 Å². The van der Waals surface area contributed by atoms with Crippen molar-refractivity contribution in [2.75, 3.05) is 19.5 Å². The highest BCUT2D eigenvalue weighted by Crippen LogP contribution is 2.40. The van der Waals surface area contributed by atoms with E-state index in [1.807, 2.05) is 40.3 Å². The number of ether oxygens (including phenoxy) is 2. The Balaban J connectivity index is 1.83. The number of carbonyl (C=O) groups is 1. The van der Waals surface area contributed by atoms with Crippen molar-refractivity contribution < 1.29 is 14.3 Å². The van der Waals surface area contributed by atoms with Crippen molar-refractivity contribution in [3.05, 3.63) is 52.6 Å². The number of nitrogens with one attached hydrogen (secondary N) is 1. The third kappa shape index (κ3) is 2.66. The van der Waals surface area contributed by atoms with E-state index in [2.05, 4.69) is 10.3 Å². The van der Waals surface area contributed by atoms with E-state index in [-0.39, 0.29) is 11.8 Å². The van der Waals surface area contributed by atoms with Gasteiger partial charge in [0, 0.05) is 23.3 Å². The highest BCUT2D eigenvalue weighted by atomic mass is 32.1. The Morgan fingerprint density at radius 1 is 1.28 bits per heavy atom. The van der Waals surface area contributed by atoms with E-state index in [0.29, 0.717) is 23.7 Å². The van der Waals surface area contributed by atoms with Gasteiger partial charge in [0.05, 0.1) is 25.6 Å². The van der Waals surface area contributed by atoms with Crippen molar-refractivity contribution >= 4 is 23.1 Å². The summed E-state index contributed by atoms with van der Waals surface area (Å²) in [6.07, 6.45) is 2.13. The van der Waals surface area contributed by atoms with Gasteiger partial charge in [0.1, 0.15) is 23.6 Å². The number of rotatable bonds is 4. The molecule has 0 fully saturated rings. The van der Waals surface area contributed by atoms with E-state index in [0.717, 1.165) is 16.3 Å². The number of imidazole rings is 1. The van der Waals surface area contributed by atoms with Gasteiger partial charge in [-0.15, -0.1) is 11.3 Å². The van der Waals surface area contributed by atoms with Crippen LogP contribution in [-0.2, 0) is 4.79 Å². The quantitative estimate of drug-likeness (QED) is 0.779. The molecule has 7 heteroatoms. The summed E-state index contributed by atoms with van der Waals surface area (Å²) < 4.78 is 12.6. The molecule has 1 atom stereocenters. The van der Waals surface area contributed by atoms with Crippen LogP contribution in [-0.4, -0.2) is 29.7 Å². The molecular formula is C18H17N3O3S. The first-order chi connectivity index (χ1) is 12.2. The maximum Gasteiger partial charge on any atom is 0.226 e. The molecule has 0 saturated heterocycles. The van der Waals surface area contributed by atoms with Crippen LogP contribution in [0.4, 0.5) is 5.82 Å². The fraction of sp³-hybridized carbons (Fsp3) is 0.222. The molecule has 128 valence electrons. The number of aromatic nitrogens is 2. The smallest absolute Gasteiger partial charge is 0.226 e. The zero-order valence-corrected chi connectivity index (χ0v) is 14.7. The van der Waals surface area contributed by atoms with Gasteiger partial charge < -0.3 is 14.8 Å². The van der Waals surface area contributed by atoms with Crippen molar-refractivity contribution in [3.63, 3.8) is 0 Å². The number of carbonyl (C=O) groups excluding carboxylic acids is 1.